The van der Waals surface area contributed by atoms with E-state index in [1.807, 2.05) is 107 Å². The molecule has 15 aromatic heterocycles. The van der Waals surface area contributed by atoms with Crippen LogP contribution in [0.3, 0.4) is 0 Å². The van der Waals surface area contributed by atoms with Crippen molar-refractivity contribution in [2.45, 2.75) is 13.8 Å². The van der Waals surface area contributed by atoms with Crippen LogP contribution >= 0.6 is 34.2 Å². The number of ether oxygens (including phenoxy) is 1. The number of imidazole rings is 7. The van der Waals surface area contributed by atoms with Gasteiger partial charge in [-0.1, -0.05) is 35.9 Å². The molecule has 0 saturated carbocycles. The molecule has 1 saturated heterocycles. The first-order valence-electron chi connectivity index (χ1n) is 31.3. The van der Waals surface area contributed by atoms with Gasteiger partial charge in [0.15, 0.2) is 50.4 Å². The molecule has 0 spiro atoms. The van der Waals surface area contributed by atoms with Crippen molar-refractivity contribution in [2.75, 3.05) is 50.6 Å². The summed E-state index contributed by atoms with van der Waals surface area (Å²) in [5.41, 5.74) is 30.6. The number of para-hydroxylation sites is 3. The van der Waals surface area contributed by atoms with Gasteiger partial charge in [-0.25, -0.2) is 89.2 Å². The van der Waals surface area contributed by atoms with Crippen LogP contribution in [0.5, 0.6) is 0 Å². The number of nitrogens with two attached hydrogens (primary N) is 3. The van der Waals surface area contributed by atoms with Crippen LogP contribution < -0.4 is 28.5 Å². The highest BCUT2D eigenvalue weighted by molar-refractivity contribution is 14.1. The van der Waals surface area contributed by atoms with Crippen LogP contribution in [0, 0.1) is 17.5 Å². The highest BCUT2D eigenvalue weighted by atomic mass is 127. The minimum Gasteiger partial charge on any atom is -0.398 e. The second kappa shape index (κ2) is 34.8. The number of hydrogen-bond acceptors (Lipinski definition) is 25. The molecule has 1 aliphatic rings. The zero-order chi connectivity index (χ0) is 74.0. The number of fused-ring (bicyclic) bond motifs is 8. The molecule has 18 rings (SSSR count). The lowest BCUT2D eigenvalue weighted by molar-refractivity contribution is 0.0503. The summed E-state index contributed by atoms with van der Waals surface area (Å²) in [5, 5.41) is 10.3. The molecule has 36 nitrogen and oxygen atoms in total. The van der Waals surface area contributed by atoms with Crippen molar-refractivity contribution in [3.63, 3.8) is 0 Å². The standard InChI is InChI=1S/C9H10N2.C8H10N4O2.C8H8N2.C7H8N4.C6H5ClN4.C6H6IN5.C6H7N5.C6H6N4.C5H11NO.C4H6N2/c1-7-4-3-5-8-9(7)10-6-11(8)2;1-10-4-9-6-5(10)7(13)12(3)8(14)11(6)2;1-10-6-9-7-4-2-3-5-8(7)10;1-11-7-5(4-10-11)6(8)2-3-9-7;1-11-3-10-4-5(7)8-2-9-6(4)11;1-12-6-3(4(7)11-12)5(8)9-2-10-6;1-11-3-10-4-5(7)8-2-9-6(4)11;1-4-5-6(9-2-7-4)10-3-8-5;1-6-2-4-7-5-3-6;1-6-3-2-5-4-6/h3-6H,1-2H3;4H,1-3H3;2-6H,1H3;2-4H,1H3,(H2,8,9);2-3H,1H3;2H,1H3,(H2,8,9,10);2-3H,1H3,(H2,7,8,9);2-3H,1H3,(H,7,8,9,10);2-5H2,1H3;2-4H,1H3. The van der Waals surface area contributed by atoms with Crippen LogP contribution in [0.4, 0.5) is 17.3 Å². The third-order valence-electron chi connectivity index (χ3n) is 15.4. The van der Waals surface area contributed by atoms with Gasteiger partial charge in [-0.15, -0.1) is 0 Å². The number of halogens is 2. The Kier molecular flexibility index (Phi) is 25.4. The van der Waals surface area contributed by atoms with E-state index in [9.17, 15) is 9.59 Å². The third-order valence-corrected chi connectivity index (χ3v) is 16.5. The van der Waals surface area contributed by atoms with E-state index in [2.05, 4.69) is 161 Å². The second-order valence-electron chi connectivity index (χ2n) is 22.8. The van der Waals surface area contributed by atoms with Crippen LogP contribution in [0.1, 0.15) is 11.3 Å². The van der Waals surface area contributed by atoms with E-state index in [0.717, 1.165) is 102 Å². The van der Waals surface area contributed by atoms with Crippen molar-refractivity contribution in [1.82, 2.24) is 146 Å². The first kappa shape index (κ1) is 75.1. The van der Waals surface area contributed by atoms with Gasteiger partial charge in [0, 0.05) is 108 Å². The van der Waals surface area contributed by atoms with Gasteiger partial charge in [-0.05, 0) is 73.3 Å². The number of nitrogens with zero attached hydrogens (tertiary/aromatic N) is 29. The number of hydrogen-bond donors (Lipinski definition) is 4. The van der Waals surface area contributed by atoms with Crippen LogP contribution in [0.25, 0.3) is 88.8 Å². The number of aromatic amines is 1. The average molecular weight is 1530 g/mol. The molecule has 7 N–H and O–H groups in total. The Morgan fingerprint density at radius 1 is 0.544 bits per heavy atom. The highest BCUT2D eigenvalue weighted by Gasteiger charge is 2.13. The molecule has 534 valence electrons. The number of aromatic nitrogens is 29. The predicted octanol–water partition coefficient (Wildman–Crippen LogP) is 5.52. The summed E-state index contributed by atoms with van der Waals surface area (Å²) in [6, 6.07) is 16.1. The molecule has 0 aliphatic carbocycles. The van der Waals surface area contributed by atoms with E-state index < -0.39 is 0 Å². The molecule has 2 aromatic carbocycles. The summed E-state index contributed by atoms with van der Waals surface area (Å²) in [6.07, 6.45) is 24.7. The summed E-state index contributed by atoms with van der Waals surface area (Å²) in [5.74, 6) is 0.910. The Hall–Kier alpha value is -12.1. The van der Waals surface area contributed by atoms with Gasteiger partial charge in [-0.2, -0.15) is 10.2 Å². The van der Waals surface area contributed by atoms with Crippen molar-refractivity contribution in [3.8, 4) is 0 Å². The number of benzene rings is 2. The Labute approximate surface area is 606 Å². The first-order chi connectivity index (χ1) is 49.4. The number of pyridine rings is 1. The van der Waals surface area contributed by atoms with Gasteiger partial charge in [0.1, 0.15) is 51.4 Å². The highest BCUT2D eigenvalue weighted by Crippen LogP contribution is 2.22. The van der Waals surface area contributed by atoms with Crippen LogP contribution in [-0.4, -0.2) is 179 Å². The lowest BCUT2D eigenvalue weighted by Gasteiger charge is -2.21. The fourth-order valence-electron chi connectivity index (χ4n) is 9.73. The van der Waals surface area contributed by atoms with Crippen molar-refractivity contribution >= 4 is 140 Å². The third kappa shape index (κ3) is 18.5. The Balaban J connectivity index is 0.000000134. The van der Waals surface area contributed by atoms with E-state index in [1.165, 1.54) is 59.8 Å². The zero-order valence-electron chi connectivity index (χ0n) is 58.8. The summed E-state index contributed by atoms with van der Waals surface area (Å²) < 4.78 is 22.9. The van der Waals surface area contributed by atoms with Crippen LogP contribution in [-0.2, 0) is 75.2 Å². The summed E-state index contributed by atoms with van der Waals surface area (Å²) in [6.45, 7) is 8.02. The molecule has 38 heteroatoms. The fourth-order valence-corrected chi connectivity index (χ4v) is 10.7. The number of aryl methyl sites for hydroxylation is 11. The number of H-pyrrole nitrogens is 1. The molecule has 1 aliphatic heterocycles. The topological polar surface area (TPSA) is 422 Å². The maximum atomic E-state index is 11.7. The van der Waals surface area contributed by atoms with Gasteiger partial charge >= 0.3 is 5.69 Å². The smallest absolute Gasteiger partial charge is 0.332 e. The van der Waals surface area contributed by atoms with Crippen molar-refractivity contribution < 1.29 is 4.74 Å². The van der Waals surface area contributed by atoms with Crippen LogP contribution in [0.15, 0.2) is 153 Å². The van der Waals surface area contributed by atoms with Crippen molar-refractivity contribution in [2.24, 2.45) is 70.5 Å². The quantitative estimate of drug-likeness (QED) is 0.107. The van der Waals surface area contributed by atoms with Crippen LogP contribution in [0.2, 0.25) is 5.15 Å². The second-order valence-corrected chi connectivity index (χ2v) is 24.2. The van der Waals surface area contributed by atoms with Gasteiger partial charge < -0.3 is 59.2 Å². The Morgan fingerprint density at radius 2 is 1.17 bits per heavy atom. The van der Waals surface area contributed by atoms with E-state index in [-0.39, 0.29) is 11.2 Å². The number of morpholine rings is 1. The van der Waals surface area contributed by atoms with Crippen molar-refractivity contribution in [1.29, 1.82) is 0 Å². The number of anilines is 3. The van der Waals surface area contributed by atoms with E-state index >= 15 is 0 Å². The molecular weight excluding hydrogens is 1450 g/mol. The fraction of sp³-hybridized carbons (Fsp3) is 0.262. The summed E-state index contributed by atoms with van der Waals surface area (Å²) in [4.78, 5) is 92.3. The minimum atomic E-state index is -0.360. The maximum Gasteiger partial charge on any atom is 0.332 e. The maximum absolute atomic E-state index is 11.7. The normalized spacial score (nSPS) is 11.6. The Morgan fingerprint density at radius 3 is 1.79 bits per heavy atom. The monoisotopic (exact) mass is 1530 g/mol. The van der Waals surface area contributed by atoms with E-state index in [0.29, 0.717) is 39.0 Å². The molecule has 17 aromatic rings. The largest absolute Gasteiger partial charge is 0.398 e. The average Bonchev–Trinajstić information content (AvgIpc) is 1.68. The lowest BCUT2D eigenvalue weighted by atomic mass is 10.2. The van der Waals surface area contributed by atoms with Gasteiger partial charge in [0.25, 0.3) is 5.56 Å². The van der Waals surface area contributed by atoms with E-state index in [4.69, 9.17) is 33.5 Å². The molecule has 1 fully saturated rings. The van der Waals surface area contributed by atoms with E-state index in [1.54, 1.807) is 87.1 Å². The SMILES string of the molecule is CN1CCOCC1.Cc1cccc2c1ncn2C.Cc1ncnc2nc[nH]c12.Cn1c(=O)c2c(ncn2C)n(C)c1=O.Cn1ccnc1.Cn1cnc2c(Cl)ncnc21.Cn1cnc2c(N)ncnc21.Cn1cnc2ccccc21.Cn1nc(I)c2c(N)ncnc21.Cn1ncc2c(N)ccnc21. The lowest BCUT2D eigenvalue weighted by Crippen LogP contribution is -2.37. The first-order valence-corrected chi connectivity index (χ1v) is 32.7. The minimum absolute atomic E-state index is 0.317. The molecule has 0 radical (unpaired) electrons. The van der Waals surface area contributed by atoms with Gasteiger partial charge in [0.05, 0.1) is 102 Å². The summed E-state index contributed by atoms with van der Waals surface area (Å²) in [7, 11) is 20.2. The predicted molar refractivity (Wildman–Crippen MR) is 404 cm³/mol. The molecule has 0 bridgehead atoms. The number of likely N-dealkylation sites (N-methyl/N-ethyl adjacent to an activating group) is 1. The molecule has 0 unspecified atom stereocenters. The molecule has 0 amide bonds. The van der Waals surface area contributed by atoms with Gasteiger partial charge in [0.2, 0.25) is 0 Å². The number of nitrogen functional groups attached to an aromatic ring is 3. The number of rotatable bonds is 0. The molecule has 0 atom stereocenters. The number of nitrogens with one attached hydrogen (secondary N) is 1. The zero-order valence-corrected chi connectivity index (χ0v) is 61.7. The molecule has 103 heavy (non-hydrogen) atoms. The molecule has 16 heterocycles. The van der Waals surface area contributed by atoms with Crippen molar-refractivity contribution in [3.05, 3.63) is 184 Å². The molecular formula is C65H77ClIN33O3. The van der Waals surface area contributed by atoms with Gasteiger partial charge in [-0.3, -0.25) is 18.6 Å². The Bertz CT molecular complexity index is 5420. The summed E-state index contributed by atoms with van der Waals surface area (Å²) >= 11 is 7.86.